The Bertz CT molecular complexity index is 534. The summed E-state index contributed by atoms with van der Waals surface area (Å²) in [5.41, 5.74) is 2.53. The zero-order valence-corrected chi connectivity index (χ0v) is 12.5. The highest BCUT2D eigenvalue weighted by atomic mass is 79.9. The van der Waals surface area contributed by atoms with Crippen LogP contribution in [0, 0.1) is 12.7 Å². The van der Waals surface area contributed by atoms with Crippen molar-refractivity contribution in [2.75, 3.05) is 6.54 Å². The second-order valence-corrected chi connectivity index (χ2v) is 5.21. The van der Waals surface area contributed by atoms with Crippen LogP contribution in [0.3, 0.4) is 0 Å². The number of nitrogens with one attached hydrogen (secondary N) is 1. The molecule has 1 aromatic heterocycles. The van der Waals surface area contributed by atoms with E-state index in [9.17, 15) is 4.39 Å². The van der Waals surface area contributed by atoms with Gasteiger partial charge in [-0.25, -0.2) is 4.39 Å². The Morgan fingerprint density at radius 1 is 1.32 bits per heavy atom. The van der Waals surface area contributed by atoms with Gasteiger partial charge in [0, 0.05) is 21.9 Å². The first-order valence-electron chi connectivity index (χ1n) is 6.23. The summed E-state index contributed by atoms with van der Waals surface area (Å²) in [5.74, 6) is -0.221. The standard InChI is InChI=1S/C15H16BrFN2/c1-3-18-15(11-8-7-10(2)19-9-11)14-12(16)5-4-6-13(14)17/h4-9,15,18H,3H2,1-2H3. The van der Waals surface area contributed by atoms with Gasteiger partial charge in [-0.15, -0.1) is 0 Å². The van der Waals surface area contributed by atoms with Crippen molar-refractivity contribution in [3.63, 3.8) is 0 Å². The van der Waals surface area contributed by atoms with Crippen LogP contribution in [0.25, 0.3) is 0 Å². The highest BCUT2D eigenvalue weighted by Gasteiger charge is 2.19. The molecule has 0 aliphatic carbocycles. The predicted molar refractivity (Wildman–Crippen MR) is 78.6 cm³/mol. The van der Waals surface area contributed by atoms with Crippen LogP contribution in [0.5, 0.6) is 0 Å². The van der Waals surface area contributed by atoms with Crippen molar-refractivity contribution in [3.05, 3.63) is 63.6 Å². The average molecular weight is 323 g/mol. The number of halogens is 2. The van der Waals surface area contributed by atoms with Crippen molar-refractivity contribution in [3.8, 4) is 0 Å². The molecule has 1 aromatic carbocycles. The fourth-order valence-electron chi connectivity index (χ4n) is 2.03. The molecule has 0 spiro atoms. The minimum atomic E-state index is -0.221. The van der Waals surface area contributed by atoms with E-state index in [1.165, 1.54) is 6.07 Å². The lowest BCUT2D eigenvalue weighted by atomic mass is 9.99. The summed E-state index contributed by atoms with van der Waals surface area (Å²) in [7, 11) is 0. The van der Waals surface area contributed by atoms with E-state index in [4.69, 9.17) is 0 Å². The van der Waals surface area contributed by atoms with Gasteiger partial charge in [0.05, 0.1) is 6.04 Å². The molecule has 0 amide bonds. The minimum Gasteiger partial charge on any atom is -0.306 e. The summed E-state index contributed by atoms with van der Waals surface area (Å²) in [6.45, 7) is 4.69. The summed E-state index contributed by atoms with van der Waals surface area (Å²) in [6, 6.07) is 8.74. The molecule has 0 aliphatic heterocycles. The zero-order valence-electron chi connectivity index (χ0n) is 11.0. The fraction of sp³-hybridized carbons (Fsp3) is 0.267. The van der Waals surface area contributed by atoms with Gasteiger partial charge in [0.25, 0.3) is 0 Å². The predicted octanol–water partition coefficient (Wildman–Crippen LogP) is 3.99. The van der Waals surface area contributed by atoms with Crippen molar-refractivity contribution in [1.29, 1.82) is 0 Å². The van der Waals surface area contributed by atoms with E-state index in [-0.39, 0.29) is 11.9 Å². The van der Waals surface area contributed by atoms with Gasteiger partial charge >= 0.3 is 0 Å². The molecule has 0 radical (unpaired) electrons. The molecule has 1 atom stereocenters. The number of nitrogens with zero attached hydrogens (tertiary/aromatic N) is 1. The van der Waals surface area contributed by atoms with Crippen LogP contribution in [-0.4, -0.2) is 11.5 Å². The highest BCUT2D eigenvalue weighted by Crippen LogP contribution is 2.30. The molecule has 1 heterocycles. The largest absolute Gasteiger partial charge is 0.306 e. The highest BCUT2D eigenvalue weighted by molar-refractivity contribution is 9.10. The number of benzene rings is 1. The molecular formula is C15H16BrFN2. The van der Waals surface area contributed by atoms with Crippen LogP contribution in [0.4, 0.5) is 4.39 Å². The molecule has 0 bridgehead atoms. The molecule has 1 unspecified atom stereocenters. The Morgan fingerprint density at radius 3 is 2.68 bits per heavy atom. The molecule has 2 aromatic rings. The Hall–Kier alpha value is -1.26. The number of aromatic nitrogens is 1. The smallest absolute Gasteiger partial charge is 0.129 e. The molecule has 2 nitrogen and oxygen atoms in total. The first kappa shape index (κ1) is 14.2. The van der Waals surface area contributed by atoms with Crippen LogP contribution in [0.15, 0.2) is 41.0 Å². The van der Waals surface area contributed by atoms with Crippen molar-refractivity contribution in [2.45, 2.75) is 19.9 Å². The van der Waals surface area contributed by atoms with E-state index in [0.717, 1.165) is 22.3 Å². The average Bonchev–Trinajstić information content (AvgIpc) is 2.38. The second kappa shape index (κ2) is 6.26. The van der Waals surface area contributed by atoms with E-state index in [0.29, 0.717) is 5.56 Å². The Balaban J connectivity index is 2.48. The normalized spacial score (nSPS) is 12.4. The Kier molecular flexibility index (Phi) is 4.66. The maximum Gasteiger partial charge on any atom is 0.129 e. The van der Waals surface area contributed by atoms with Crippen LogP contribution in [-0.2, 0) is 0 Å². The molecule has 0 aliphatic rings. The maximum absolute atomic E-state index is 14.1. The molecule has 0 saturated carbocycles. The van der Waals surface area contributed by atoms with Gasteiger partial charge in [-0.1, -0.05) is 35.0 Å². The Labute approximate surface area is 121 Å². The van der Waals surface area contributed by atoms with Gasteiger partial charge in [0.1, 0.15) is 5.82 Å². The SMILES string of the molecule is CCNC(c1ccc(C)nc1)c1c(F)cccc1Br. The first-order valence-corrected chi connectivity index (χ1v) is 7.02. The minimum absolute atomic E-state index is 0.200. The lowest BCUT2D eigenvalue weighted by Gasteiger charge is -2.20. The van der Waals surface area contributed by atoms with Crippen molar-refractivity contribution < 1.29 is 4.39 Å². The van der Waals surface area contributed by atoms with Gasteiger partial charge in [-0.05, 0) is 37.2 Å². The summed E-state index contributed by atoms with van der Waals surface area (Å²) >= 11 is 3.43. The molecule has 100 valence electrons. The van der Waals surface area contributed by atoms with Crippen LogP contribution in [0.1, 0.15) is 29.8 Å². The van der Waals surface area contributed by atoms with Crippen LogP contribution >= 0.6 is 15.9 Å². The van der Waals surface area contributed by atoms with Crippen LogP contribution in [0.2, 0.25) is 0 Å². The van der Waals surface area contributed by atoms with Gasteiger partial charge < -0.3 is 5.32 Å². The molecular weight excluding hydrogens is 307 g/mol. The molecule has 4 heteroatoms. The molecule has 1 N–H and O–H groups in total. The number of pyridine rings is 1. The third-order valence-electron chi connectivity index (χ3n) is 2.96. The van der Waals surface area contributed by atoms with Crippen molar-refractivity contribution in [2.24, 2.45) is 0 Å². The molecule has 19 heavy (non-hydrogen) atoms. The van der Waals surface area contributed by atoms with E-state index in [2.05, 4.69) is 26.2 Å². The lowest BCUT2D eigenvalue weighted by molar-refractivity contribution is 0.556. The topological polar surface area (TPSA) is 24.9 Å². The first-order chi connectivity index (χ1) is 9.13. The third kappa shape index (κ3) is 3.19. The van der Waals surface area contributed by atoms with E-state index >= 15 is 0 Å². The summed E-state index contributed by atoms with van der Waals surface area (Å²) in [4.78, 5) is 4.29. The number of aryl methyl sites for hydroxylation is 1. The van der Waals surface area contributed by atoms with E-state index in [1.807, 2.05) is 32.0 Å². The maximum atomic E-state index is 14.1. The Morgan fingerprint density at radius 2 is 2.11 bits per heavy atom. The van der Waals surface area contributed by atoms with Crippen molar-refractivity contribution in [1.82, 2.24) is 10.3 Å². The van der Waals surface area contributed by atoms with E-state index in [1.54, 1.807) is 12.3 Å². The second-order valence-electron chi connectivity index (χ2n) is 4.36. The summed E-state index contributed by atoms with van der Waals surface area (Å²) in [6.07, 6.45) is 1.79. The number of hydrogen-bond donors (Lipinski definition) is 1. The quantitative estimate of drug-likeness (QED) is 0.920. The van der Waals surface area contributed by atoms with Gasteiger partial charge in [-0.3, -0.25) is 4.98 Å². The van der Waals surface area contributed by atoms with E-state index < -0.39 is 0 Å². The summed E-state index contributed by atoms with van der Waals surface area (Å²) < 4.78 is 14.9. The summed E-state index contributed by atoms with van der Waals surface area (Å²) in [5, 5.41) is 3.31. The molecule has 2 rings (SSSR count). The zero-order chi connectivity index (χ0) is 13.8. The number of rotatable bonds is 4. The van der Waals surface area contributed by atoms with Gasteiger partial charge in [-0.2, -0.15) is 0 Å². The molecule has 0 saturated heterocycles. The number of hydrogen-bond acceptors (Lipinski definition) is 2. The monoisotopic (exact) mass is 322 g/mol. The third-order valence-corrected chi connectivity index (χ3v) is 3.66. The fourth-order valence-corrected chi connectivity index (χ4v) is 2.60. The lowest BCUT2D eigenvalue weighted by Crippen LogP contribution is -2.23. The van der Waals surface area contributed by atoms with Gasteiger partial charge in [0.15, 0.2) is 0 Å². The molecule has 0 fully saturated rings. The van der Waals surface area contributed by atoms with Gasteiger partial charge in [0.2, 0.25) is 0 Å². The van der Waals surface area contributed by atoms with Crippen molar-refractivity contribution >= 4 is 15.9 Å². The van der Waals surface area contributed by atoms with Crippen LogP contribution < -0.4 is 5.32 Å².